The van der Waals surface area contributed by atoms with Gasteiger partial charge in [-0.25, -0.2) is 9.37 Å². The molecule has 0 aliphatic heterocycles. The Bertz CT molecular complexity index is 629. The van der Waals surface area contributed by atoms with Crippen LogP contribution >= 0.6 is 0 Å². The fourth-order valence-corrected chi connectivity index (χ4v) is 2.11. The van der Waals surface area contributed by atoms with Gasteiger partial charge in [0.1, 0.15) is 19.0 Å². The van der Waals surface area contributed by atoms with Gasteiger partial charge < -0.3 is 9.57 Å². The molecule has 2 rings (SSSR count). The predicted molar refractivity (Wildman–Crippen MR) is 88.0 cm³/mol. The topological polar surface area (TPSA) is 43.7 Å². The molecule has 1 aliphatic rings. The van der Waals surface area contributed by atoms with Gasteiger partial charge in [0, 0.05) is 11.3 Å². The lowest BCUT2D eigenvalue weighted by atomic mass is 9.98. The molecule has 1 heterocycles. The van der Waals surface area contributed by atoms with Crippen LogP contribution in [-0.4, -0.2) is 37.2 Å². The molecule has 0 saturated carbocycles. The number of hydrogen-bond acceptors (Lipinski definition) is 4. The van der Waals surface area contributed by atoms with Crippen LogP contribution in [0.15, 0.2) is 35.0 Å². The summed E-state index contributed by atoms with van der Waals surface area (Å²) in [5.74, 6) is 6.24. The molecule has 1 aromatic heterocycles. The number of ether oxygens (including phenoxy) is 1. The molecule has 0 atom stereocenters. The Hall–Kier alpha value is -2.19. The van der Waals surface area contributed by atoms with Gasteiger partial charge in [0.25, 0.3) is 0 Å². The maximum Gasteiger partial charge on any atom is 0.140 e. The van der Waals surface area contributed by atoms with Crippen molar-refractivity contribution in [1.29, 1.82) is 0 Å². The maximum atomic E-state index is 11.8. The quantitative estimate of drug-likeness (QED) is 0.460. The molecule has 4 nitrogen and oxygen atoms in total. The van der Waals surface area contributed by atoms with Crippen LogP contribution in [0.25, 0.3) is 0 Å². The molecule has 1 aromatic rings. The molecule has 0 fully saturated rings. The van der Waals surface area contributed by atoms with Gasteiger partial charge in [-0.15, -0.1) is 0 Å². The first-order valence-electron chi connectivity index (χ1n) is 7.77. The van der Waals surface area contributed by atoms with E-state index in [9.17, 15) is 4.39 Å². The zero-order valence-corrected chi connectivity index (χ0v) is 13.3. The molecule has 0 saturated heterocycles. The Morgan fingerprint density at radius 3 is 2.96 bits per heavy atom. The summed E-state index contributed by atoms with van der Waals surface area (Å²) in [6.07, 6.45) is 4.79. The summed E-state index contributed by atoms with van der Waals surface area (Å²) in [6.45, 7) is 2.24. The molecular formula is C18H21FN2O2. The fraction of sp³-hybridized carbons (Fsp3) is 0.444. The molecule has 0 spiro atoms. The molecular weight excluding hydrogens is 295 g/mol. The summed E-state index contributed by atoms with van der Waals surface area (Å²) in [7, 11) is 0. The molecule has 1 aliphatic carbocycles. The minimum atomic E-state index is -0.477. The number of aryl methyl sites for hydroxylation is 1. The third-order valence-corrected chi connectivity index (χ3v) is 3.18. The summed E-state index contributed by atoms with van der Waals surface area (Å²) in [5.41, 5.74) is 3.65. The third kappa shape index (κ3) is 6.62. The number of halogens is 1. The van der Waals surface area contributed by atoms with Crippen LogP contribution in [0.5, 0.6) is 0 Å². The van der Waals surface area contributed by atoms with Crippen molar-refractivity contribution >= 4 is 5.71 Å². The predicted octanol–water partition coefficient (Wildman–Crippen LogP) is 3.21. The van der Waals surface area contributed by atoms with Crippen molar-refractivity contribution in [2.45, 2.75) is 26.2 Å². The number of oxime groups is 1. The smallest absolute Gasteiger partial charge is 0.140 e. The van der Waals surface area contributed by atoms with Crippen LogP contribution in [-0.2, 0) is 9.57 Å². The van der Waals surface area contributed by atoms with Crippen molar-refractivity contribution < 1.29 is 14.0 Å². The molecule has 122 valence electrons. The molecule has 5 heteroatoms. The Morgan fingerprint density at radius 1 is 1.22 bits per heavy atom. The van der Waals surface area contributed by atoms with Gasteiger partial charge >= 0.3 is 0 Å². The summed E-state index contributed by atoms with van der Waals surface area (Å²) < 4.78 is 16.8. The van der Waals surface area contributed by atoms with E-state index >= 15 is 0 Å². The highest BCUT2D eigenvalue weighted by molar-refractivity contribution is 5.96. The van der Waals surface area contributed by atoms with Crippen molar-refractivity contribution in [3.8, 4) is 11.8 Å². The number of aromatic nitrogens is 1. The zero-order valence-electron chi connectivity index (χ0n) is 13.3. The number of hydrogen-bond donors (Lipinski definition) is 0. The largest absolute Gasteiger partial charge is 0.393 e. The lowest BCUT2D eigenvalue weighted by Crippen LogP contribution is -2.07. The lowest BCUT2D eigenvalue weighted by molar-refractivity contribution is 0.0454. The van der Waals surface area contributed by atoms with Crippen LogP contribution in [0.3, 0.4) is 0 Å². The number of alkyl halides is 1. The fourth-order valence-electron chi connectivity index (χ4n) is 2.11. The van der Waals surface area contributed by atoms with Crippen molar-refractivity contribution in [3.63, 3.8) is 0 Å². The van der Waals surface area contributed by atoms with E-state index < -0.39 is 6.67 Å². The molecule has 0 radical (unpaired) electrons. The van der Waals surface area contributed by atoms with Crippen molar-refractivity contribution in [2.24, 2.45) is 5.16 Å². The normalized spacial score (nSPS) is 15.7. The summed E-state index contributed by atoms with van der Waals surface area (Å²) >= 11 is 0. The summed E-state index contributed by atoms with van der Waals surface area (Å²) in [4.78, 5) is 9.55. The molecule has 0 bridgehead atoms. The molecule has 0 unspecified atom stereocenters. The summed E-state index contributed by atoms with van der Waals surface area (Å²) in [6, 6.07) is 5.80. The standard InChI is InChI=1S/C18H21FN2O2/c1-15-4-2-6-17(20-15)9-8-16-5-3-7-18(14-16)21-23-13-12-22-11-10-19/h2,4,6,14H,3,5,7,10-13H2,1H3/b21-18+. The van der Waals surface area contributed by atoms with Gasteiger partial charge in [-0.3, -0.25) is 0 Å². The maximum absolute atomic E-state index is 11.8. The van der Waals surface area contributed by atoms with Crippen molar-refractivity contribution in [2.75, 3.05) is 26.5 Å². The second kappa shape index (κ2) is 9.75. The number of nitrogens with zero attached hydrogens (tertiary/aromatic N) is 2. The number of rotatable bonds is 6. The lowest BCUT2D eigenvalue weighted by Gasteiger charge is -2.09. The van der Waals surface area contributed by atoms with Gasteiger partial charge in [-0.1, -0.05) is 17.1 Å². The average Bonchev–Trinajstić information content (AvgIpc) is 2.57. The minimum absolute atomic E-state index is 0.104. The van der Waals surface area contributed by atoms with Crippen LogP contribution in [0.2, 0.25) is 0 Å². The van der Waals surface area contributed by atoms with Gasteiger partial charge in [0.05, 0.1) is 18.9 Å². The Morgan fingerprint density at radius 2 is 2.13 bits per heavy atom. The molecule has 23 heavy (non-hydrogen) atoms. The van der Waals surface area contributed by atoms with E-state index in [0.29, 0.717) is 13.2 Å². The first-order valence-corrected chi connectivity index (χ1v) is 7.77. The van der Waals surface area contributed by atoms with E-state index in [-0.39, 0.29) is 6.61 Å². The van der Waals surface area contributed by atoms with Gasteiger partial charge in [-0.05, 0) is 50.3 Å². The Kier molecular flexibility index (Phi) is 7.28. The van der Waals surface area contributed by atoms with Crippen LogP contribution < -0.4 is 0 Å². The van der Waals surface area contributed by atoms with Crippen molar-refractivity contribution in [1.82, 2.24) is 4.98 Å². The van der Waals surface area contributed by atoms with E-state index in [2.05, 4.69) is 22.0 Å². The molecule has 0 amide bonds. The van der Waals surface area contributed by atoms with E-state index in [1.54, 1.807) is 0 Å². The van der Waals surface area contributed by atoms with Crippen molar-refractivity contribution in [3.05, 3.63) is 41.2 Å². The average molecular weight is 316 g/mol. The van der Waals surface area contributed by atoms with Crippen LogP contribution in [0, 0.1) is 18.8 Å². The second-order valence-electron chi connectivity index (χ2n) is 5.15. The Balaban J connectivity index is 1.89. The highest BCUT2D eigenvalue weighted by Crippen LogP contribution is 2.15. The monoisotopic (exact) mass is 316 g/mol. The minimum Gasteiger partial charge on any atom is -0.393 e. The second-order valence-corrected chi connectivity index (χ2v) is 5.15. The third-order valence-electron chi connectivity index (χ3n) is 3.18. The van der Waals surface area contributed by atoms with E-state index in [1.165, 1.54) is 0 Å². The number of allylic oxidation sites excluding steroid dienone is 2. The number of pyridine rings is 1. The van der Waals surface area contributed by atoms with Gasteiger partial charge in [0.15, 0.2) is 0 Å². The highest BCUT2D eigenvalue weighted by atomic mass is 19.1. The summed E-state index contributed by atoms with van der Waals surface area (Å²) in [5, 5.41) is 4.08. The van der Waals surface area contributed by atoms with Gasteiger partial charge in [-0.2, -0.15) is 0 Å². The van der Waals surface area contributed by atoms with Crippen LogP contribution in [0.4, 0.5) is 4.39 Å². The van der Waals surface area contributed by atoms with E-state index in [1.807, 2.05) is 31.2 Å². The Labute approximate surface area is 136 Å². The first-order chi connectivity index (χ1) is 11.3. The van der Waals surface area contributed by atoms with E-state index in [0.717, 1.165) is 41.9 Å². The highest BCUT2D eigenvalue weighted by Gasteiger charge is 2.07. The molecule has 0 N–H and O–H groups in total. The SMILES string of the molecule is Cc1cccc(C#CC2=C/C(=N/OCCOCCF)CCC2)n1. The van der Waals surface area contributed by atoms with Gasteiger partial charge in [0.2, 0.25) is 0 Å². The van der Waals surface area contributed by atoms with E-state index in [4.69, 9.17) is 9.57 Å². The van der Waals surface area contributed by atoms with Crippen LogP contribution in [0.1, 0.15) is 30.7 Å². The zero-order chi connectivity index (χ0) is 16.3. The molecule has 0 aromatic carbocycles. The first kappa shape index (κ1) is 17.2.